The van der Waals surface area contributed by atoms with E-state index >= 15 is 0 Å². The van der Waals surface area contributed by atoms with Crippen LogP contribution in [0.2, 0.25) is 0 Å². The average molecular weight is 306 g/mol. The lowest BCUT2D eigenvalue weighted by atomic mass is 9.77. The third-order valence-electron chi connectivity index (χ3n) is 5.10. The highest BCUT2D eigenvalue weighted by Crippen LogP contribution is 2.33. The molecule has 1 heterocycles. The summed E-state index contributed by atoms with van der Waals surface area (Å²) in [5.74, 6) is 1.20. The second kappa shape index (κ2) is 7.44. The van der Waals surface area contributed by atoms with Crippen molar-refractivity contribution in [1.29, 1.82) is 0 Å². The number of rotatable bonds is 6. The van der Waals surface area contributed by atoms with Crippen LogP contribution in [0, 0.1) is 5.92 Å². The van der Waals surface area contributed by atoms with Gasteiger partial charge in [-0.25, -0.2) is 0 Å². The molecule has 0 unspecified atom stereocenters. The van der Waals surface area contributed by atoms with Crippen molar-refractivity contribution >= 4 is 0 Å². The van der Waals surface area contributed by atoms with E-state index in [0.717, 1.165) is 38.2 Å². The molecule has 0 aromatic heterocycles. The van der Waals surface area contributed by atoms with Crippen LogP contribution < -0.4 is 10.1 Å². The Morgan fingerprint density at radius 2 is 2.00 bits per heavy atom. The van der Waals surface area contributed by atoms with Crippen LogP contribution in [-0.2, 0) is 6.54 Å². The van der Waals surface area contributed by atoms with Crippen LogP contribution >= 0.6 is 0 Å². The van der Waals surface area contributed by atoms with Crippen molar-refractivity contribution < 1.29 is 9.84 Å². The highest BCUT2D eigenvalue weighted by molar-refractivity contribution is 5.26. The second-order valence-electron chi connectivity index (χ2n) is 6.77. The third kappa shape index (κ3) is 4.22. The van der Waals surface area contributed by atoms with Crippen LogP contribution in [0.15, 0.2) is 24.3 Å². The molecule has 3 atom stereocenters. The van der Waals surface area contributed by atoms with Crippen LogP contribution in [0.25, 0.3) is 0 Å². The van der Waals surface area contributed by atoms with Crippen molar-refractivity contribution in [3.05, 3.63) is 29.8 Å². The van der Waals surface area contributed by atoms with Crippen molar-refractivity contribution in [2.75, 3.05) is 27.2 Å². The van der Waals surface area contributed by atoms with Gasteiger partial charge in [0.25, 0.3) is 0 Å². The first kappa shape index (κ1) is 17.3. The van der Waals surface area contributed by atoms with Gasteiger partial charge in [-0.1, -0.05) is 19.1 Å². The predicted octanol–water partition coefficient (Wildman–Crippen LogP) is 2.27. The van der Waals surface area contributed by atoms with Gasteiger partial charge in [-0.2, -0.15) is 0 Å². The van der Waals surface area contributed by atoms with E-state index in [1.54, 1.807) is 7.11 Å². The fourth-order valence-electron chi connectivity index (χ4n) is 3.28. The molecule has 0 radical (unpaired) electrons. The number of piperidine rings is 1. The number of methoxy groups -OCH3 is 1. The molecule has 0 spiro atoms. The summed E-state index contributed by atoms with van der Waals surface area (Å²) in [4.78, 5) is 2.34. The van der Waals surface area contributed by atoms with Gasteiger partial charge >= 0.3 is 0 Å². The first-order chi connectivity index (χ1) is 10.4. The van der Waals surface area contributed by atoms with E-state index in [-0.39, 0.29) is 0 Å². The molecule has 0 aliphatic carbocycles. The number of nitrogens with zero attached hydrogens (tertiary/aromatic N) is 1. The van der Waals surface area contributed by atoms with Gasteiger partial charge < -0.3 is 20.1 Å². The van der Waals surface area contributed by atoms with Gasteiger partial charge in [0.05, 0.1) is 12.7 Å². The van der Waals surface area contributed by atoms with Crippen molar-refractivity contribution in [3.63, 3.8) is 0 Å². The van der Waals surface area contributed by atoms with Crippen LogP contribution in [0.1, 0.15) is 32.3 Å². The average Bonchev–Trinajstić information content (AvgIpc) is 2.50. The Bertz CT molecular complexity index is 463. The number of likely N-dealkylation sites (tertiary alicyclic amines) is 1. The molecule has 22 heavy (non-hydrogen) atoms. The number of nitrogens with one attached hydrogen (secondary N) is 1. The summed E-state index contributed by atoms with van der Waals surface area (Å²) >= 11 is 0. The minimum atomic E-state index is -0.543. The van der Waals surface area contributed by atoms with E-state index in [2.05, 4.69) is 43.2 Å². The minimum absolute atomic E-state index is 0.316. The normalized spacial score (nSPS) is 29.5. The fourth-order valence-corrected chi connectivity index (χ4v) is 3.28. The summed E-state index contributed by atoms with van der Waals surface area (Å²) < 4.78 is 5.16. The summed E-state index contributed by atoms with van der Waals surface area (Å²) in [6, 6.07) is 8.54. The van der Waals surface area contributed by atoms with Gasteiger partial charge in [0.2, 0.25) is 0 Å². The predicted molar refractivity (Wildman–Crippen MR) is 90.1 cm³/mol. The van der Waals surface area contributed by atoms with Crippen molar-refractivity contribution in [1.82, 2.24) is 10.2 Å². The van der Waals surface area contributed by atoms with Crippen molar-refractivity contribution in [2.24, 2.45) is 5.92 Å². The molecular weight excluding hydrogens is 276 g/mol. The van der Waals surface area contributed by atoms with Crippen LogP contribution in [0.3, 0.4) is 0 Å². The Balaban J connectivity index is 1.77. The van der Waals surface area contributed by atoms with Gasteiger partial charge in [-0.15, -0.1) is 0 Å². The first-order valence-corrected chi connectivity index (χ1v) is 8.21. The molecule has 1 fully saturated rings. The molecule has 1 aromatic rings. The minimum Gasteiger partial charge on any atom is -0.497 e. The number of aliphatic hydroxyl groups is 1. The van der Waals surface area contributed by atoms with E-state index in [9.17, 15) is 5.11 Å². The lowest BCUT2D eigenvalue weighted by molar-refractivity contribution is -0.0831. The third-order valence-corrected chi connectivity index (χ3v) is 5.10. The quantitative estimate of drug-likeness (QED) is 0.792. The van der Waals surface area contributed by atoms with Crippen molar-refractivity contribution in [3.8, 4) is 5.75 Å². The van der Waals surface area contributed by atoms with E-state index < -0.39 is 5.60 Å². The molecule has 0 bridgehead atoms. The van der Waals surface area contributed by atoms with Gasteiger partial charge in [0.15, 0.2) is 0 Å². The summed E-state index contributed by atoms with van der Waals surface area (Å²) in [6.45, 7) is 6.98. The Morgan fingerprint density at radius 1 is 1.32 bits per heavy atom. The smallest absolute Gasteiger partial charge is 0.118 e. The van der Waals surface area contributed by atoms with Crippen molar-refractivity contribution in [2.45, 2.75) is 44.9 Å². The highest BCUT2D eigenvalue weighted by atomic mass is 16.5. The maximum Gasteiger partial charge on any atom is 0.118 e. The summed E-state index contributed by atoms with van der Waals surface area (Å²) in [6.07, 6.45) is 1.66. The molecule has 1 aliphatic heterocycles. The Hall–Kier alpha value is -1.10. The molecule has 1 saturated heterocycles. The molecule has 2 rings (SSSR count). The summed E-state index contributed by atoms with van der Waals surface area (Å²) in [7, 11) is 3.82. The zero-order valence-electron chi connectivity index (χ0n) is 14.3. The zero-order valence-corrected chi connectivity index (χ0v) is 14.3. The molecule has 1 aliphatic rings. The topological polar surface area (TPSA) is 44.7 Å². The van der Waals surface area contributed by atoms with Gasteiger partial charge in [-0.05, 0) is 57.0 Å². The number of hydrogen-bond acceptors (Lipinski definition) is 4. The lowest BCUT2D eigenvalue weighted by Crippen LogP contribution is -2.54. The van der Waals surface area contributed by atoms with Gasteiger partial charge in [0, 0.05) is 19.1 Å². The molecule has 0 amide bonds. The second-order valence-corrected chi connectivity index (χ2v) is 6.77. The molecule has 2 N–H and O–H groups in total. The molecule has 124 valence electrons. The van der Waals surface area contributed by atoms with Crippen LogP contribution in [0.4, 0.5) is 0 Å². The van der Waals surface area contributed by atoms with Crippen LogP contribution in [-0.4, -0.2) is 48.9 Å². The van der Waals surface area contributed by atoms with E-state index in [4.69, 9.17) is 4.74 Å². The largest absolute Gasteiger partial charge is 0.497 e. The fraction of sp³-hybridized carbons (Fsp3) is 0.667. The van der Waals surface area contributed by atoms with E-state index in [1.807, 2.05) is 12.1 Å². The summed E-state index contributed by atoms with van der Waals surface area (Å²) in [5.41, 5.74) is 0.691. The maximum absolute atomic E-state index is 10.9. The maximum atomic E-state index is 10.9. The number of hydrogen-bond donors (Lipinski definition) is 2. The molecule has 4 heteroatoms. The zero-order chi connectivity index (χ0) is 16.2. The van der Waals surface area contributed by atoms with Gasteiger partial charge in [0.1, 0.15) is 5.75 Å². The number of benzene rings is 1. The Labute approximate surface area is 134 Å². The number of ether oxygens (including phenoxy) is 1. The van der Waals surface area contributed by atoms with Crippen LogP contribution in [0.5, 0.6) is 5.75 Å². The SMILES string of the molecule is COc1ccc(CNCC[C@@]2(O)C[C@H](C)N(C)C[C@@H]2C)cc1. The Kier molecular flexibility index (Phi) is 5.84. The highest BCUT2D eigenvalue weighted by Gasteiger charge is 2.40. The first-order valence-electron chi connectivity index (χ1n) is 8.21. The van der Waals surface area contributed by atoms with E-state index in [0.29, 0.717) is 12.0 Å². The molecular formula is C18H30N2O2. The molecule has 0 saturated carbocycles. The lowest BCUT2D eigenvalue weighted by Gasteiger charge is -2.46. The molecule has 4 nitrogen and oxygen atoms in total. The standard InChI is InChI=1S/C18H30N2O2/c1-14-13-20(3)15(2)11-18(14,21)9-10-19-12-16-5-7-17(22-4)8-6-16/h5-8,14-15,19,21H,9-13H2,1-4H3/t14-,15-,18+/m0/s1. The van der Waals surface area contributed by atoms with Gasteiger partial charge in [-0.3, -0.25) is 0 Å². The molecule has 1 aromatic carbocycles. The van der Waals surface area contributed by atoms with E-state index in [1.165, 1.54) is 5.56 Å². The monoisotopic (exact) mass is 306 g/mol. The Morgan fingerprint density at radius 3 is 2.64 bits per heavy atom. The summed E-state index contributed by atoms with van der Waals surface area (Å²) in [5, 5.41) is 14.4.